The summed E-state index contributed by atoms with van der Waals surface area (Å²) in [6.45, 7) is 12.4. The van der Waals surface area contributed by atoms with Crippen LogP contribution in [0.15, 0.2) is 195 Å². The Morgan fingerprint density at radius 3 is 1.91 bits per heavy atom. The predicted octanol–water partition coefficient (Wildman–Crippen LogP) is 16.6. The molecular weight excluding hydrogens is 1610 g/mol. The maximum atomic E-state index is 14.0. The van der Waals surface area contributed by atoms with E-state index in [-0.39, 0.29) is 35.5 Å². The molecular formula is C92H91Cl2F3N20O6. The maximum Gasteiger partial charge on any atom is 0.416 e. The molecule has 0 spiro atoms. The van der Waals surface area contributed by atoms with Gasteiger partial charge in [-0.3, -0.25) is 20.4 Å². The van der Waals surface area contributed by atoms with Gasteiger partial charge in [-0.1, -0.05) is 107 Å². The Hall–Kier alpha value is -13.9. The van der Waals surface area contributed by atoms with Crippen molar-refractivity contribution in [2.45, 2.75) is 46.0 Å². The van der Waals surface area contributed by atoms with Gasteiger partial charge in [-0.15, -0.1) is 5.10 Å². The van der Waals surface area contributed by atoms with E-state index in [0.29, 0.717) is 102 Å². The minimum atomic E-state index is -4.50. The number of nitrogens with one attached hydrogen (secondary N) is 3. The van der Waals surface area contributed by atoms with Gasteiger partial charge in [0, 0.05) is 130 Å². The van der Waals surface area contributed by atoms with Crippen molar-refractivity contribution >= 4 is 119 Å². The molecule has 0 unspecified atom stereocenters. The number of anilines is 7. The summed E-state index contributed by atoms with van der Waals surface area (Å²) in [5.74, 6) is 10.7. The number of nitrogens with zero attached hydrogens (tertiary/aromatic N) is 14. The monoisotopic (exact) mass is 1700 g/mol. The average molecular weight is 1700 g/mol. The van der Waals surface area contributed by atoms with Crippen molar-refractivity contribution in [2.24, 2.45) is 0 Å². The summed E-state index contributed by atoms with van der Waals surface area (Å²) < 4.78 is 64.9. The largest absolute Gasteiger partial charge is 0.493 e. The Bertz CT molecular complexity index is 6290. The molecule has 1 aliphatic rings. The molecule has 14 aromatic rings. The predicted molar refractivity (Wildman–Crippen MR) is 479 cm³/mol. The molecule has 0 bridgehead atoms. The number of piperazine rings is 1. The number of nitrogens with two attached hydrogens (primary N) is 3. The maximum absolute atomic E-state index is 14.0. The van der Waals surface area contributed by atoms with Crippen LogP contribution in [0.3, 0.4) is 0 Å². The summed E-state index contributed by atoms with van der Waals surface area (Å²) in [6, 6.07) is 53.1. The number of amides is 1. The molecule has 1 amide bonds. The summed E-state index contributed by atoms with van der Waals surface area (Å²) in [6.07, 6.45) is 2.87. The summed E-state index contributed by atoms with van der Waals surface area (Å²) in [7, 11) is 14.3. The number of carbonyl (C=O) groups is 1. The lowest BCUT2D eigenvalue weighted by atomic mass is 10.0. The number of methoxy groups -OCH3 is 4. The number of ether oxygens (including phenoxy) is 4. The zero-order valence-electron chi connectivity index (χ0n) is 69.3. The molecule has 0 atom stereocenters. The fourth-order valence-electron chi connectivity index (χ4n) is 13.6. The molecule has 1 saturated heterocycles. The molecule has 9 aromatic carbocycles. The summed E-state index contributed by atoms with van der Waals surface area (Å²) in [5, 5.41) is 38.5. The number of hydrogen-bond acceptors (Lipinski definition) is 24. The van der Waals surface area contributed by atoms with Gasteiger partial charge in [-0.05, 0) is 185 Å². The van der Waals surface area contributed by atoms with E-state index in [4.69, 9.17) is 69.8 Å². The van der Waals surface area contributed by atoms with E-state index in [9.17, 15) is 18.0 Å². The second-order valence-electron chi connectivity index (χ2n) is 29.1. The molecule has 10 N–H and O–H groups in total. The van der Waals surface area contributed by atoms with E-state index in [0.717, 1.165) is 124 Å². The Labute approximate surface area is 719 Å². The molecule has 6 heterocycles. The van der Waals surface area contributed by atoms with Crippen LogP contribution in [0, 0.1) is 37.0 Å². The number of alkyl halides is 3. The molecule has 1 fully saturated rings. The fraction of sp³-hybridized carbons (Fsp3) is 0.217. The number of hydroxylamine groups is 1. The van der Waals surface area contributed by atoms with Gasteiger partial charge in [-0.25, -0.2) is 29.6 Å². The van der Waals surface area contributed by atoms with Gasteiger partial charge in [0.05, 0.1) is 85.4 Å². The van der Waals surface area contributed by atoms with Crippen LogP contribution in [0.5, 0.6) is 23.0 Å². The lowest BCUT2D eigenvalue weighted by Crippen LogP contribution is -2.44. The number of rotatable bonds is 21. The number of aryl methyl sites for hydroxylation is 3. The molecule has 15 rings (SSSR count). The topological polar surface area (TPSA) is 333 Å². The highest BCUT2D eigenvalue weighted by Crippen LogP contribution is 2.41. The number of halogens is 5. The average Bonchev–Trinajstić information content (AvgIpc) is 1.67. The lowest BCUT2D eigenvalue weighted by molar-refractivity contribution is -0.138. The smallest absolute Gasteiger partial charge is 0.416 e. The first kappa shape index (κ1) is 88.4. The van der Waals surface area contributed by atoms with Gasteiger partial charge >= 0.3 is 6.18 Å². The number of pyridine rings is 2. The van der Waals surface area contributed by atoms with Crippen LogP contribution in [-0.4, -0.2) is 160 Å². The van der Waals surface area contributed by atoms with Crippen molar-refractivity contribution < 1.29 is 42.1 Å². The van der Waals surface area contributed by atoms with Gasteiger partial charge < -0.3 is 61.5 Å². The van der Waals surface area contributed by atoms with Crippen LogP contribution in [0.1, 0.15) is 72.7 Å². The lowest BCUT2D eigenvalue weighted by Gasteiger charge is -2.33. The van der Waals surface area contributed by atoms with Crippen LogP contribution in [0.25, 0.3) is 66.0 Å². The molecule has 0 saturated carbocycles. The Morgan fingerprint density at radius 1 is 0.667 bits per heavy atom. The van der Waals surface area contributed by atoms with Crippen molar-refractivity contribution in [3.05, 3.63) is 267 Å². The minimum Gasteiger partial charge on any atom is -0.493 e. The van der Waals surface area contributed by atoms with Gasteiger partial charge in [-0.2, -0.15) is 23.4 Å². The van der Waals surface area contributed by atoms with E-state index in [1.54, 1.807) is 73.9 Å². The number of likely N-dealkylation sites (N-methyl/N-ethyl adjacent to an activating group) is 1. The Morgan fingerprint density at radius 2 is 1.28 bits per heavy atom. The standard InChI is InChI=1S/C31H31ClN4O.C23H27F3N6O2.C19H15ClN6O.C19H18N4O2/c1-21-6-11-25(31(37)35-19-23-9-7-22(8-10-23)5-4-16-36(2)3)17-24(21)13-15-28-29-18-27(32)14-12-26(29)20-34-30(28)33;1-31-6-8-32(9-7-31)13-14-4-5-15(10-17(14)23(24,25)26)28-21-16-11-19(33-2)20(34-3)12-18(16)29-22(27)30-21;1-11(24-27)12-3-6-15(7-4-12)26-10-17(23-25-26)18-16-8-14(20)5-2-13(16)9-22-19(18)21;1-12-21-16-10-18(25-4)17(24-3)9-15(16)19(22-12)23(2)14-7-5-13(11-20)6-8-14/h6-12,14,17-18,20H,4-5,16,19H2,1-3H3,(H2,33,34)(H,35,37);4-5,10-12H,6-9,13H2,1-3H3,(H3,27,28,29,30);2-10,24,27H,1H2,(H2,21,22);5-10H,1-4H3. The van der Waals surface area contributed by atoms with E-state index >= 15 is 0 Å². The molecule has 5 aromatic heterocycles. The highest BCUT2D eigenvalue weighted by atomic mass is 35.5. The summed E-state index contributed by atoms with van der Waals surface area (Å²) >= 11 is 12.3. The van der Waals surface area contributed by atoms with E-state index < -0.39 is 11.7 Å². The number of hydrogen-bond donors (Lipinski definition) is 7. The van der Waals surface area contributed by atoms with Crippen LogP contribution >= 0.6 is 23.2 Å². The zero-order chi connectivity index (χ0) is 87.8. The van der Waals surface area contributed by atoms with Gasteiger partial charge in [0.2, 0.25) is 5.95 Å². The Balaban J connectivity index is 0.000000151. The summed E-state index contributed by atoms with van der Waals surface area (Å²) in [5.41, 5.74) is 31.3. The van der Waals surface area contributed by atoms with Crippen LogP contribution in [-0.2, 0) is 25.7 Å². The van der Waals surface area contributed by atoms with Crippen LogP contribution in [0.2, 0.25) is 10.0 Å². The third-order valence-electron chi connectivity index (χ3n) is 20.4. The first-order chi connectivity index (χ1) is 59.1. The molecule has 630 valence electrons. The second kappa shape index (κ2) is 40.0. The highest BCUT2D eigenvalue weighted by molar-refractivity contribution is 6.32. The van der Waals surface area contributed by atoms with E-state index in [1.807, 2.05) is 140 Å². The van der Waals surface area contributed by atoms with E-state index in [1.165, 1.54) is 25.8 Å². The van der Waals surface area contributed by atoms with E-state index in [2.05, 4.69) is 123 Å². The van der Waals surface area contributed by atoms with Gasteiger partial charge in [0.25, 0.3) is 5.91 Å². The molecule has 0 aliphatic carbocycles. The summed E-state index contributed by atoms with van der Waals surface area (Å²) in [4.78, 5) is 47.3. The van der Waals surface area contributed by atoms with Crippen molar-refractivity contribution in [1.29, 1.82) is 5.26 Å². The third kappa shape index (κ3) is 22.0. The molecule has 0 radical (unpaired) electrons. The zero-order valence-corrected chi connectivity index (χ0v) is 70.9. The molecule has 123 heavy (non-hydrogen) atoms. The first-order valence-electron chi connectivity index (χ1n) is 38.8. The molecule has 1 aliphatic heterocycles. The van der Waals surface area contributed by atoms with Crippen LogP contribution < -0.4 is 57.2 Å². The third-order valence-corrected chi connectivity index (χ3v) is 20.9. The number of aromatic nitrogens is 9. The minimum absolute atomic E-state index is 0.0232. The number of nitriles is 1. The van der Waals surface area contributed by atoms with Gasteiger partial charge in [0.1, 0.15) is 34.8 Å². The molecule has 26 nitrogen and oxygen atoms in total. The number of fused-ring (bicyclic) bond motifs is 4. The Kier molecular flexibility index (Phi) is 28.7. The van der Waals surface area contributed by atoms with Gasteiger partial charge in [0.15, 0.2) is 23.0 Å². The van der Waals surface area contributed by atoms with Crippen molar-refractivity contribution in [3.8, 4) is 57.9 Å². The molecule has 31 heteroatoms. The van der Waals surface area contributed by atoms with Crippen molar-refractivity contribution in [1.82, 2.24) is 70.4 Å². The van der Waals surface area contributed by atoms with Crippen LogP contribution in [0.4, 0.5) is 53.8 Å². The SMILES string of the molecule is C=C(NO)c1ccc(-n2cc(-c3c(N)ncc4ccc(Cl)cc34)nn2)cc1.COc1cc2nc(C)nc(N(C)c3ccc(C#N)cc3)c2cc1OC.COc1cc2nc(N)nc(Nc3ccc(CN4CCN(C)CC4)c(C(F)(F)F)c3)c2cc1OC.Cc1ccc(C(=O)NCc2ccc(CCCN(C)C)cc2)cc1C#Cc1c(N)ncc2ccc(Cl)cc12. The highest BCUT2D eigenvalue weighted by Gasteiger charge is 2.35. The number of carbonyl (C=O) groups excluding carboxylic acids is 1. The normalized spacial score (nSPS) is 12.0. The van der Waals surface area contributed by atoms with Crippen molar-refractivity contribution in [3.63, 3.8) is 0 Å². The number of nitrogen functional groups attached to an aromatic ring is 3. The fourth-order valence-corrected chi connectivity index (χ4v) is 14.0. The first-order valence-corrected chi connectivity index (χ1v) is 39.5. The number of benzene rings is 9. The van der Waals surface area contributed by atoms with Crippen molar-refractivity contribution in [2.75, 3.05) is 117 Å². The second-order valence-corrected chi connectivity index (χ2v) is 30.0. The quantitative estimate of drug-likeness (QED) is 0.0259.